The molecule has 7 heteroatoms. The van der Waals surface area contributed by atoms with E-state index in [-0.39, 0.29) is 17.1 Å². The molecular formula is C10H16N4O2S. The van der Waals surface area contributed by atoms with Crippen molar-refractivity contribution in [2.45, 2.75) is 25.0 Å². The van der Waals surface area contributed by atoms with Gasteiger partial charge in [0, 0.05) is 25.2 Å². The molecule has 94 valence electrons. The lowest BCUT2D eigenvalue weighted by atomic mass is 9.99. The average Bonchev–Trinajstić information content (AvgIpc) is 2.14. The Hall–Kier alpha value is -1.21. The molecule has 2 rings (SSSR count). The number of aromatic nitrogens is 2. The van der Waals surface area contributed by atoms with Crippen LogP contribution in [0, 0.1) is 0 Å². The van der Waals surface area contributed by atoms with Gasteiger partial charge in [-0.3, -0.25) is 0 Å². The van der Waals surface area contributed by atoms with Crippen LogP contribution in [-0.2, 0) is 10.0 Å². The van der Waals surface area contributed by atoms with Crippen molar-refractivity contribution in [1.29, 1.82) is 0 Å². The molecule has 2 N–H and O–H groups in total. The van der Waals surface area contributed by atoms with Gasteiger partial charge in [-0.05, 0) is 19.9 Å². The fraction of sp³-hybridized carbons (Fsp3) is 0.600. The Morgan fingerprint density at radius 1 is 1.47 bits per heavy atom. The van der Waals surface area contributed by atoms with E-state index < -0.39 is 10.0 Å². The molecule has 2 heterocycles. The van der Waals surface area contributed by atoms with E-state index in [1.807, 2.05) is 0 Å². The fourth-order valence-electron chi connectivity index (χ4n) is 1.75. The van der Waals surface area contributed by atoms with Crippen LogP contribution in [0.15, 0.2) is 12.3 Å². The molecule has 1 aromatic rings. The molecule has 1 aliphatic heterocycles. The minimum absolute atomic E-state index is 0.133. The number of nitrogen functional groups attached to an aromatic ring is 1. The number of nitrogens with two attached hydrogens (primary N) is 1. The standard InChI is InChI=1S/C10H16N4O2S/c1-7(2)17(15,16)14-5-8(6-14)9-3-4-12-10(11)13-9/h3-4,7-8H,5-6H2,1-2H3,(H2,11,12,13). The van der Waals surface area contributed by atoms with Gasteiger partial charge in [-0.15, -0.1) is 0 Å². The minimum Gasteiger partial charge on any atom is -0.368 e. The molecule has 0 aliphatic carbocycles. The molecule has 17 heavy (non-hydrogen) atoms. The normalized spacial score (nSPS) is 18.3. The molecule has 0 amide bonds. The van der Waals surface area contributed by atoms with Crippen LogP contribution in [0.4, 0.5) is 5.95 Å². The van der Waals surface area contributed by atoms with Crippen LogP contribution in [0.5, 0.6) is 0 Å². The van der Waals surface area contributed by atoms with Crippen molar-refractivity contribution in [2.24, 2.45) is 0 Å². The Morgan fingerprint density at radius 2 is 2.12 bits per heavy atom. The van der Waals surface area contributed by atoms with E-state index in [1.54, 1.807) is 26.1 Å². The Labute approximate surface area is 101 Å². The first-order valence-corrected chi connectivity index (χ1v) is 6.99. The van der Waals surface area contributed by atoms with Gasteiger partial charge in [0.15, 0.2) is 0 Å². The lowest BCUT2D eigenvalue weighted by Crippen LogP contribution is -2.50. The fourth-order valence-corrected chi connectivity index (χ4v) is 3.12. The topological polar surface area (TPSA) is 89.2 Å². The Morgan fingerprint density at radius 3 is 2.65 bits per heavy atom. The van der Waals surface area contributed by atoms with Crippen LogP contribution in [0.25, 0.3) is 0 Å². The molecule has 0 radical (unpaired) electrons. The molecule has 1 saturated heterocycles. The summed E-state index contributed by atoms with van der Waals surface area (Å²) in [4.78, 5) is 7.91. The third kappa shape index (κ3) is 2.25. The first-order chi connectivity index (χ1) is 7.91. The molecular weight excluding hydrogens is 240 g/mol. The summed E-state index contributed by atoms with van der Waals surface area (Å²) in [7, 11) is -3.13. The van der Waals surface area contributed by atoms with Crippen molar-refractivity contribution in [3.05, 3.63) is 18.0 Å². The zero-order valence-electron chi connectivity index (χ0n) is 9.87. The highest BCUT2D eigenvalue weighted by Gasteiger charge is 2.38. The van der Waals surface area contributed by atoms with Crippen molar-refractivity contribution < 1.29 is 8.42 Å². The molecule has 0 unspecified atom stereocenters. The van der Waals surface area contributed by atoms with Crippen molar-refractivity contribution in [3.8, 4) is 0 Å². The first kappa shape index (κ1) is 12.3. The summed E-state index contributed by atoms with van der Waals surface area (Å²) in [6.07, 6.45) is 1.59. The van der Waals surface area contributed by atoms with Gasteiger partial charge in [0.1, 0.15) is 0 Å². The smallest absolute Gasteiger partial charge is 0.220 e. The van der Waals surface area contributed by atoms with Gasteiger partial charge in [-0.2, -0.15) is 0 Å². The quantitative estimate of drug-likeness (QED) is 0.834. The largest absolute Gasteiger partial charge is 0.368 e. The number of anilines is 1. The van der Waals surface area contributed by atoms with Crippen LogP contribution in [0.2, 0.25) is 0 Å². The molecule has 6 nitrogen and oxygen atoms in total. The highest BCUT2D eigenvalue weighted by atomic mass is 32.2. The summed E-state index contributed by atoms with van der Waals surface area (Å²) in [6.45, 7) is 4.34. The van der Waals surface area contributed by atoms with Gasteiger partial charge in [0.2, 0.25) is 16.0 Å². The second kappa shape index (κ2) is 4.23. The molecule has 0 spiro atoms. The predicted octanol–water partition coefficient (Wildman–Crippen LogP) is 0.196. The van der Waals surface area contributed by atoms with Gasteiger partial charge in [-0.25, -0.2) is 22.7 Å². The van der Waals surface area contributed by atoms with E-state index in [0.717, 1.165) is 5.69 Å². The number of hydrogen-bond acceptors (Lipinski definition) is 5. The van der Waals surface area contributed by atoms with Gasteiger partial charge >= 0.3 is 0 Å². The monoisotopic (exact) mass is 256 g/mol. The van der Waals surface area contributed by atoms with Crippen LogP contribution >= 0.6 is 0 Å². The second-order valence-electron chi connectivity index (χ2n) is 4.45. The summed E-state index contributed by atoms with van der Waals surface area (Å²) in [5.74, 6) is 0.362. The van der Waals surface area contributed by atoms with E-state index in [2.05, 4.69) is 9.97 Å². The number of nitrogens with zero attached hydrogens (tertiary/aromatic N) is 3. The summed E-state index contributed by atoms with van der Waals surface area (Å²) < 4.78 is 25.1. The zero-order chi connectivity index (χ0) is 12.6. The zero-order valence-corrected chi connectivity index (χ0v) is 10.7. The molecule has 0 atom stereocenters. The lowest BCUT2D eigenvalue weighted by Gasteiger charge is -2.38. The van der Waals surface area contributed by atoms with E-state index in [9.17, 15) is 8.42 Å². The van der Waals surface area contributed by atoms with Crippen LogP contribution < -0.4 is 5.73 Å². The van der Waals surface area contributed by atoms with E-state index >= 15 is 0 Å². The third-order valence-electron chi connectivity index (χ3n) is 2.92. The summed E-state index contributed by atoms with van der Waals surface area (Å²) >= 11 is 0. The Balaban J connectivity index is 2.05. The maximum absolute atomic E-state index is 11.8. The maximum Gasteiger partial charge on any atom is 0.220 e. The summed E-state index contributed by atoms with van der Waals surface area (Å²) in [5, 5.41) is -0.376. The van der Waals surface area contributed by atoms with Crippen LogP contribution in [-0.4, -0.2) is 41.0 Å². The van der Waals surface area contributed by atoms with E-state index in [1.165, 1.54) is 4.31 Å². The molecule has 0 aromatic carbocycles. The highest BCUT2D eigenvalue weighted by molar-refractivity contribution is 7.89. The molecule has 0 bridgehead atoms. The van der Waals surface area contributed by atoms with Crippen molar-refractivity contribution in [2.75, 3.05) is 18.8 Å². The Kier molecular flexibility index (Phi) is 3.05. The number of hydrogen-bond donors (Lipinski definition) is 1. The maximum atomic E-state index is 11.8. The molecule has 1 aliphatic rings. The first-order valence-electron chi connectivity index (χ1n) is 5.48. The van der Waals surface area contributed by atoms with Gasteiger partial charge in [-0.1, -0.05) is 0 Å². The lowest BCUT2D eigenvalue weighted by molar-refractivity contribution is 0.258. The third-order valence-corrected chi connectivity index (χ3v) is 5.13. The molecule has 1 fully saturated rings. The van der Waals surface area contributed by atoms with E-state index in [0.29, 0.717) is 13.1 Å². The van der Waals surface area contributed by atoms with Crippen molar-refractivity contribution in [3.63, 3.8) is 0 Å². The summed E-state index contributed by atoms with van der Waals surface area (Å²) in [6, 6.07) is 1.78. The highest BCUT2D eigenvalue weighted by Crippen LogP contribution is 2.29. The van der Waals surface area contributed by atoms with Crippen molar-refractivity contribution >= 4 is 16.0 Å². The average molecular weight is 256 g/mol. The van der Waals surface area contributed by atoms with E-state index in [4.69, 9.17) is 5.73 Å². The Bertz CT molecular complexity index is 509. The van der Waals surface area contributed by atoms with Crippen molar-refractivity contribution in [1.82, 2.24) is 14.3 Å². The summed E-state index contributed by atoms with van der Waals surface area (Å²) in [5.41, 5.74) is 6.30. The minimum atomic E-state index is -3.13. The predicted molar refractivity (Wildman–Crippen MR) is 64.8 cm³/mol. The number of sulfonamides is 1. The molecule has 0 saturated carbocycles. The van der Waals surface area contributed by atoms with Gasteiger partial charge < -0.3 is 5.73 Å². The SMILES string of the molecule is CC(C)S(=O)(=O)N1CC(c2ccnc(N)n2)C1. The number of rotatable bonds is 3. The second-order valence-corrected chi connectivity index (χ2v) is 6.94. The van der Waals surface area contributed by atoms with Crippen LogP contribution in [0.3, 0.4) is 0 Å². The molecule has 1 aromatic heterocycles. The van der Waals surface area contributed by atoms with Gasteiger partial charge in [0.05, 0.1) is 10.9 Å². The van der Waals surface area contributed by atoms with Crippen LogP contribution in [0.1, 0.15) is 25.5 Å². The van der Waals surface area contributed by atoms with Gasteiger partial charge in [0.25, 0.3) is 0 Å².